The zero-order valence-corrected chi connectivity index (χ0v) is 14.4. The van der Waals surface area contributed by atoms with Crippen molar-refractivity contribution in [2.24, 2.45) is 5.92 Å². The van der Waals surface area contributed by atoms with Gasteiger partial charge in [-0.05, 0) is 48.6 Å². The van der Waals surface area contributed by atoms with Crippen molar-refractivity contribution in [3.05, 3.63) is 33.8 Å². The third-order valence-electron chi connectivity index (χ3n) is 4.66. The van der Waals surface area contributed by atoms with Gasteiger partial charge >= 0.3 is 0 Å². The van der Waals surface area contributed by atoms with Gasteiger partial charge in [0.05, 0.1) is 0 Å². The Balaban J connectivity index is 1.52. The average Bonchev–Trinajstić information content (AvgIpc) is 3.11. The lowest BCUT2D eigenvalue weighted by Crippen LogP contribution is -2.32. The number of rotatable bonds is 5. The van der Waals surface area contributed by atoms with E-state index in [9.17, 15) is 0 Å². The Morgan fingerprint density at radius 3 is 2.71 bits per heavy atom. The maximum absolute atomic E-state index is 3.77. The van der Waals surface area contributed by atoms with E-state index in [-0.39, 0.29) is 0 Å². The van der Waals surface area contributed by atoms with Gasteiger partial charge in [0, 0.05) is 27.9 Å². The van der Waals surface area contributed by atoms with Crippen LogP contribution in [0.5, 0.6) is 0 Å². The van der Waals surface area contributed by atoms with Gasteiger partial charge in [0.25, 0.3) is 0 Å². The maximum atomic E-state index is 3.77. The van der Waals surface area contributed by atoms with Gasteiger partial charge in [0.2, 0.25) is 0 Å². The van der Waals surface area contributed by atoms with E-state index in [1.165, 1.54) is 53.8 Å². The number of hydrogen-bond acceptors (Lipinski definition) is 3. The lowest BCUT2D eigenvalue weighted by atomic mass is 9.93. The molecule has 0 amide bonds. The Bertz CT molecular complexity index is 521. The molecule has 1 aliphatic rings. The van der Waals surface area contributed by atoms with Crippen LogP contribution >= 0.6 is 22.7 Å². The average molecular weight is 320 g/mol. The van der Waals surface area contributed by atoms with Gasteiger partial charge in [-0.1, -0.05) is 31.7 Å². The van der Waals surface area contributed by atoms with Crippen LogP contribution in [0.15, 0.2) is 29.0 Å². The van der Waals surface area contributed by atoms with E-state index in [0.717, 1.165) is 12.5 Å². The Hall–Kier alpha value is -0.640. The van der Waals surface area contributed by atoms with Gasteiger partial charge in [0.1, 0.15) is 0 Å². The molecule has 3 heteroatoms. The molecule has 0 aliphatic heterocycles. The smallest absolute Gasteiger partial charge is 0.0351 e. The second kappa shape index (κ2) is 7.57. The number of nitrogens with one attached hydrogen (secondary N) is 1. The Labute approximate surface area is 136 Å². The van der Waals surface area contributed by atoms with Crippen molar-refractivity contribution in [3.8, 4) is 10.4 Å². The lowest BCUT2D eigenvalue weighted by molar-refractivity contribution is 0.337. The molecule has 1 aliphatic carbocycles. The lowest BCUT2D eigenvalue weighted by Gasteiger charge is -2.23. The summed E-state index contributed by atoms with van der Waals surface area (Å²) in [5, 5.41) is 8.21. The van der Waals surface area contributed by atoms with Crippen molar-refractivity contribution in [2.45, 2.75) is 58.0 Å². The second-order valence-corrected chi connectivity index (χ2v) is 8.14. The fraction of sp³-hybridized carbons (Fsp3) is 0.556. The highest BCUT2D eigenvalue weighted by atomic mass is 32.1. The second-order valence-electron chi connectivity index (χ2n) is 6.20. The van der Waals surface area contributed by atoms with E-state index in [1.54, 1.807) is 0 Å². The molecular weight excluding hydrogens is 294 g/mol. The monoisotopic (exact) mass is 319 g/mol. The minimum atomic E-state index is 0.649. The van der Waals surface area contributed by atoms with Crippen molar-refractivity contribution in [1.29, 1.82) is 0 Å². The summed E-state index contributed by atoms with van der Waals surface area (Å²) < 4.78 is 0. The van der Waals surface area contributed by atoms with E-state index < -0.39 is 0 Å². The van der Waals surface area contributed by atoms with Crippen LogP contribution in [-0.2, 0) is 6.54 Å². The van der Waals surface area contributed by atoms with Crippen molar-refractivity contribution < 1.29 is 0 Å². The highest BCUT2D eigenvalue weighted by molar-refractivity contribution is 7.14. The molecule has 2 aromatic heterocycles. The molecule has 21 heavy (non-hydrogen) atoms. The first-order chi connectivity index (χ1) is 10.3. The highest BCUT2D eigenvalue weighted by Gasteiger charge is 2.18. The standard InChI is InChI=1S/C18H25NS2/c1-14(15-7-4-2-3-5-8-15)19-12-17-11-16(13-21-17)18-9-6-10-20-18/h6,9-11,13-15,19H,2-5,7-8,12H2,1H3/t14-/m0/s1. The van der Waals surface area contributed by atoms with Gasteiger partial charge in [-0.15, -0.1) is 22.7 Å². The summed E-state index contributed by atoms with van der Waals surface area (Å²) in [5.41, 5.74) is 1.38. The molecule has 0 spiro atoms. The summed E-state index contributed by atoms with van der Waals surface area (Å²) in [5.74, 6) is 0.879. The molecule has 1 atom stereocenters. The van der Waals surface area contributed by atoms with Crippen LogP contribution in [0.1, 0.15) is 50.3 Å². The zero-order chi connectivity index (χ0) is 14.5. The zero-order valence-electron chi connectivity index (χ0n) is 12.8. The van der Waals surface area contributed by atoms with Crippen LogP contribution in [-0.4, -0.2) is 6.04 Å². The summed E-state index contributed by atoms with van der Waals surface area (Å²) in [7, 11) is 0. The molecule has 1 N–H and O–H groups in total. The molecule has 0 radical (unpaired) electrons. The van der Waals surface area contributed by atoms with Gasteiger partial charge in [-0.3, -0.25) is 0 Å². The molecule has 0 bridgehead atoms. The summed E-state index contributed by atoms with van der Waals surface area (Å²) in [6, 6.07) is 7.33. The largest absolute Gasteiger partial charge is 0.309 e. The van der Waals surface area contributed by atoms with E-state index in [1.807, 2.05) is 22.7 Å². The van der Waals surface area contributed by atoms with Crippen molar-refractivity contribution in [3.63, 3.8) is 0 Å². The molecule has 2 heterocycles. The van der Waals surface area contributed by atoms with Crippen molar-refractivity contribution >= 4 is 22.7 Å². The molecule has 0 aromatic carbocycles. The first-order valence-electron chi connectivity index (χ1n) is 8.17. The van der Waals surface area contributed by atoms with Crippen LogP contribution in [0.3, 0.4) is 0 Å². The van der Waals surface area contributed by atoms with Crippen molar-refractivity contribution in [1.82, 2.24) is 5.32 Å². The van der Waals surface area contributed by atoms with Gasteiger partial charge in [0.15, 0.2) is 0 Å². The Morgan fingerprint density at radius 1 is 1.19 bits per heavy atom. The molecule has 0 unspecified atom stereocenters. The highest BCUT2D eigenvalue weighted by Crippen LogP contribution is 2.30. The molecule has 1 nitrogen and oxygen atoms in total. The fourth-order valence-corrected chi connectivity index (χ4v) is 4.91. The predicted octanol–water partition coefficient (Wildman–Crippen LogP) is 5.93. The maximum Gasteiger partial charge on any atom is 0.0351 e. The van der Waals surface area contributed by atoms with Gasteiger partial charge < -0.3 is 5.32 Å². The third kappa shape index (κ3) is 4.18. The SMILES string of the molecule is C[C@H](NCc1cc(-c2cccs2)cs1)C1CCCCCC1. The first kappa shape index (κ1) is 15.3. The Morgan fingerprint density at radius 2 is 2.00 bits per heavy atom. The van der Waals surface area contributed by atoms with Crippen LogP contribution in [0, 0.1) is 5.92 Å². The van der Waals surface area contributed by atoms with Crippen LogP contribution < -0.4 is 5.32 Å². The molecular formula is C18H25NS2. The van der Waals surface area contributed by atoms with E-state index in [0.29, 0.717) is 6.04 Å². The predicted molar refractivity (Wildman–Crippen MR) is 95.1 cm³/mol. The first-order valence-corrected chi connectivity index (χ1v) is 9.93. The summed E-state index contributed by atoms with van der Waals surface area (Å²) >= 11 is 3.71. The normalized spacial score (nSPS) is 18.5. The molecule has 1 saturated carbocycles. The molecule has 1 fully saturated rings. The Kier molecular flexibility index (Phi) is 5.50. The van der Waals surface area contributed by atoms with Gasteiger partial charge in [-0.2, -0.15) is 0 Å². The van der Waals surface area contributed by atoms with E-state index in [4.69, 9.17) is 0 Å². The minimum Gasteiger partial charge on any atom is -0.309 e. The van der Waals surface area contributed by atoms with Crippen LogP contribution in [0.4, 0.5) is 0 Å². The van der Waals surface area contributed by atoms with Crippen LogP contribution in [0.2, 0.25) is 0 Å². The summed E-state index contributed by atoms with van der Waals surface area (Å²) in [4.78, 5) is 2.84. The summed E-state index contributed by atoms with van der Waals surface area (Å²) in [6.07, 6.45) is 8.57. The van der Waals surface area contributed by atoms with E-state index in [2.05, 4.69) is 41.2 Å². The molecule has 3 rings (SSSR count). The van der Waals surface area contributed by atoms with Gasteiger partial charge in [-0.25, -0.2) is 0 Å². The summed E-state index contributed by atoms with van der Waals surface area (Å²) in [6.45, 7) is 3.40. The number of hydrogen-bond donors (Lipinski definition) is 1. The van der Waals surface area contributed by atoms with E-state index >= 15 is 0 Å². The third-order valence-corrected chi connectivity index (χ3v) is 6.52. The molecule has 114 valence electrons. The van der Waals surface area contributed by atoms with Crippen molar-refractivity contribution in [2.75, 3.05) is 0 Å². The topological polar surface area (TPSA) is 12.0 Å². The minimum absolute atomic E-state index is 0.649. The van der Waals surface area contributed by atoms with Crippen LogP contribution in [0.25, 0.3) is 10.4 Å². The quantitative estimate of drug-likeness (QED) is 0.674. The number of thiophene rings is 2. The fourth-order valence-electron chi connectivity index (χ4n) is 3.28. The molecule has 0 saturated heterocycles. The molecule has 2 aromatic rings.